The van der Waals surface area contributed by atoms with Crippen molar-refractivity contribution >= 4 is 11.6 Å². The van der Waals surface area contributed by atoms with E-state index in [1.807, 2.05) is 24.0 Å². The molecule has 0 radical (unpaired) electrons. The second kappa shape index (κ2) is 7.72. The van der Waals surface area contributed by atoms with E-state index >= 15 is 0 Å². The Morgan fingerprint density at radius 2 is 1.89 bits per heavy atom. The van der Waals surface area contributed by atoms with Gasteiger partial charge >= 0.3 is 0 Å². The molecule has 0 aliphatic carbocycles. The molecule has 6 heteroatoms. The van der Waals surface area contributed by atoms with Gasteiger partial charge in [0, 0.05) is 45.3 Å². The van der Waals surface area contributed by atoms with Crippen LogP contribution in [-0.4, -0.2) is 61.0 Å². The highest BCUT2D eigenvalue weighted by Crippen LogP contribution is 2.24. The molecular formula is C21H26FN3O2. The van der Waals surface area contributed by atoms with E-state index in [9.17, 15) is 9.18 Å². The van der Waals surface area contributed by atoms with Crippen molar-refractivity contribution in [3.63, 3.8) is 0 Å². The molecule has 2 aromatic rings. The number of nitrogens with zero attached hydrogens (tertiary/aromatic N) is 3. The maximum absolute atomic E-state index is 14.0. The molecule has 5 nitrogen and oxygen atoms in total. The van der Waals surface area contributed by atoms with Gasteiger partial charge in [0.15, 0.2) is 0 Å². The Morgan fingerprint density at radius 1 is 1.11 bits per heavy atom. The molecule has 0 N–H and O–H groups in total. The maximum atomic E-state index is 14.0. The number of rotatable bonds is 3. The summed E-state index contributed by atoms with van der Waals surface area (Å²) in [5.74, 6) is 0.590. The molecule has 1 aromatic heterocycles. The number of anilines is 1. The maximum Gasteiger partial charge on any atom is 0.257 e. The monoisotopic (exact) mass is 371 g/mol. The number of amides is 1. The highest BCUT2D eigenvalue weighted by Gasteiger charge is 2.31. The minimum Gasteiger partial charge on any atom is -0.469 e. The first kappa shape index (κ1) is 18.0. The molecule has 27 heavy (non-hydrogen) atoms. The lowest BCUT2D eigenvalue weighted by Gasteiger charge is -2.44. The minimum atomic E-state index is -0.157. The van der Waals surface area contributed by atoms with Crippen LogP contribution in [-0.2, 0) is 0 Å². The summed E-state index contributed by atoms with van der Waals surface area (Å²) in [6.45, 7) is 6.80. The van der Waals surface area contributed by atoms with E-state index in [0.29, 0.717) is 23.1 Å². The van der Waals surface area contributed by atoms with Gasteiger partial charge in [0.25, 0.3) is 5.91 Å². The van der Waals surface area contributed by atoms with Crippen molar-refractivity contribution in [3.05, 3.63) is 53.7 Å². The van der Waals surface area contributed by atoms with Crippen LogP contribution < -0.4 is 4.90 Å². The van der Waals surface area contributed by atoms with Crippen LogP contribution in [0.15, 0.2) is 41.0 Å². The van der Waals surface area contributed by atoms with Crippen LogP contribution in [0.5, 0.6) is 0 Å². The van der Waals surface area contributed by atoms with Gasteiger partial charge in [-0.25, -0.2) is 4.39 Å². The Hall–Kier alpha value is -2.34. The van der Waals surface area contributed by atoms with Gasteiger partial charge in [-0.3, -0.25) is 9.69 Å². The fourth-order valence-corrected chi connectivity index (χ4v) is 4.25. The van der Waals surface area contributed by atoms with Crippen LogP contribution in [0.1, 0.15) is 29.0 Å². The van der Waals surface area contributed by atoms with Crippen LogP contribution in [0.4, 0.5) is 10.1 Å². The number of piperazine rings is 1. The lowest BCUT2D eigenvalue weighted by molar-refractivity contribution is 0.0561. The largest absolute Gasteiger partial charge is 0.469 e. The van der Waals surface area contributed by atoms with Crippen LogP contribution >= 0.6 is 0 Å². The standard InChI is InChI=1S/C21H26FN3O2/c1-16-18(8-14-27-16)21(26)25-9-4-5-17(15-25)23-10-12-24(13-11-23)20-7-3-2-6-19(20)22/h2-3,6-8,14,17H,4-5,9-13,15H2,1H3/t17-/m1/s1. The Labute approximate surface area is 159 Å². The van der Waals surface area contributed by atoms with Gasteiger partial charge in [-0.15, -0.1) is 0 Å². The third-order valence-electron chi connectivity index (χ3n) is 5.80. The smallest absolute Gasteiger partial charge is 0.257 e. The molecule has 0 unspecified atom stereocenters. The molecule has 3 heterocycles. The van der Waals surface area contributed by atoms with Crippen molar-refractivity contribution in [1.29, 1.82) is 0 Å². The number of aryl methyl sites for hydroxylation is 1. The minimum absolute atomic E-state index is 0.0657. The van der Waals surface area contributed by atoms with Gasteiger partial charge < -0.3 is 14.2 Å². The number of carbonyl (C=O) groups excluding carboxylic acids is 1. The first-order chi connectivity index (χ1) is 13.1. The number of piperidine rings is 1. The Kier molecular flexibility index (Phi) is 5.16. The zero-order chi connectivity index (χ0) is 18.8. The van der Waals surface area contributed by atoms with Gasteiger partial charge in [0.1, 0.15) is 11.6 Å². The predicted molar refractivity (Wildman–Crippen MR) is 103 cm³/mol. The molecule has 144 valence electrons. The average Bonchev–Trinajstić information content (AvgIpc) is 3.14. The Balaban J connectivity index is 1.36. The summed E-state index contributed by atoms with van der Waals surface area (Å²) < 4.78 is 19.3. The summed E-state index contributed by atoms with van der Waals surface area (Å²) in [4.78, 5) is 19.3. The molecule has 0 spiro atoms. The van der Waals surface area contributed by atoms with E-state index < -0.39 is 0 Å². The number of furan rings is 1. The summed E-state index contributed by atoms with van der Waals surface area (Å²) in [7, 11) is 0. The van der Waals surface area contributed by atoms with Gasteiger partial charge in [0.2, 0.25) is 0 Å². The van der Waals surface area contributed by atoms with Crippen molar-refractivity contribution in [1.82, 2.24) is 9.80 Å². The Bertz CT molecular complexity index is 798. The zero-order valence-corrected chi connectivity index (χ0v) is 15.7. The molecule has 2 saturated heterocycles. The fraction of sp³-hybridized carbons (Fsp3) is 0.476. The van der Waals surface area contributed by atoms with E-state index in [4.69, 9.17) is 4.42 Å². The number of halogens is 1. The third kappa shape index (κ3) is 3.72. The molecule has 2 aliphatic rings. The summed E-state index contributed by atoms with van der Waals surface area (Å²) in [6, 6.07) is 9.10. The number of hydrogen-bond acceptors (Lipinski definition) is 4. The van der Waals surface area contributed by atoms with E-state index in [1.54, 1.807) is 18.4 Å². The van der Waals surface area contributed by atoms with E-state index in [0.717, 1.165) is 52.1 Å². The number of carbonyl (C=O) groups is 1. The van der Waals surface area contributed by atoms with E-state index in [1.165, 1.54) is 6.07 Å². The second-order valence-electron chi connectivity index (χ2n) is 7.41. The fourth-order valence-electron chi connectivity index (χ4n) is 4.25. The lowest BCUT2D eigenvalue weighted by atomic mass is 10.0. The number of hydrogen-bond donors (Lipinski definition) is 0. The molecular weight excluding hydrogens is 345 g/mol. The van der Waals surface area contributed by atoms with Crippen molar-refractivity contribution in [2.45, 2.75) is 25.8 Å². The topological polar surface area (TPSA) is 39.9 Å². The SMILES string of the molecule is Cc1occc1C(=O)N1CCC[C@@H](N2CCN(c3ccccc3F)CC2)C1. The summed E-state index contributed by atoms with van der Waals surface area (Å²) >= 11 is 0. The molecule has 1 aromatic carbocycles. The van der Waals surface area contributed by atoms with Crippen molar-refractivity contribution < 1.29 is 13.6 Å². The molecule has 1 atom stereocenters. The van der Waals surface area contributed by atoms with Crippen molar-refractivity contribution in [3.8, 4) is 0 Å². The van der Waals surface area contributed by atoms with Crippen LogP contribution in [0.25, 0.3) is 0 Å². The predicted octanol–water partition coefficient (Wildman–Crippen LogP) is 3.15. The summed E-state index contributed by atoms with van der Waals surface area (Å²) in [6.07, 6.45) is 3.70. The first-order valence-electron chi connectivity index (χ1n) is 9.70. The van der Waals surface area contributed by atoms with Crippen LogP contribution in [0, 0.1) is 12.7 Å². The van der Waals surface area contributed by atoms with Gasteiger partial charge in [-0.05, 0) is 38.0 Å². The summed E-state index contributed by atoms with van der Waals surface area (Å²) in [5, 5.41) is 0. The van der Waals surface area contributed by atoms with Crippen molar-refractivity contribution in [2.75, 3.05) is 44.2 Å². The van der Waals surface area contributed by atoms with Gasteiger partial charge in [0.05, 0.1) is 17.5 Å². The number of benzene rings is 1. The molecule has 2 aliphatic heterocycles. The lowest BCUT2D eigenvalue weighted by Crippen LogP contribution is -2.56. The van der Waals surface area contributed by atoms with Crippen LogP contribution in [0.3, 0.4) is 0 Å². The highest BCUT2D eigenvalue weighted by atomic mass is 19.1. The van der Waals surface area contributed by atoms with E-state index in [-0.39, 0.29) is 11.7 Å². The highest BCUT2D eigenvalue weighted by molar-refractivity contribution is 5.95. The number of likely N-dealkylation sites (tertiary alicyclic amines) is 1. The van der Waals surface area contributed by atoms with Gasteiger partial charge in [-0.2, -0.15) is 0 Å². The zero-order valence-electron chi connectivity index (χ0n) is 15.7. The molecule has 1 amide bonds. The molecule has 2 fully saturated rings. The summed E-state index contributed by atoms with van der Waals surface area (Å²) in [5.41, 5.74) is 1.35. The molecule has 4 rings (SSSR count). The van der Waals surface area contributed by atoms with Gasteiger partial charge in [-0.1, -0.05) is 12.1 Å². The van der Waals surface area contributed by atoms with Crippen molar-refractivity contribution in [2.24, 2.45) is 0 Å². The van der Waals surface area contributed by atoms with E-state index in [2.05, 4.69) is 9.80 Å². The second-order valence-corrected chi connectivity index (χ2v) is 7.41. The quantitative estimate of drug-likeness (QED) is 0.831. The molecule has 0 bridgehead atoms. The molecule has 0 saturated carbocycles. The first-order valence-corrected chi connectivity index (χ1v) is 9.70. The average molecular weight is 371 g/mol. The Morgan fingerprint density at radius 3 is 2.59 bits per heavy atom. The third-order valence-corrected chi connectivity index (χ3v) is 5.80. The number of para-hydroxylation sites is 1. The normalized spacial score (nSPS) is 21.5. The van der Waals surface area contributed by atoms with Crippen LogP contribution in [0.2, 0.25) is 0 Å².